The van der Waals surface area contributed by atoms with E-state index in [0.29, 0.717) is 18.9 Å². The highest BCUT2D eigenvalue weighted by Gasteiger charge is 2.08. The summed E-state index contributed by atoms with van der Waals surface area (Å²) < 4.78 is 1.87. The van der Waals surface area contributed by atoms with Crippen LogP contribution in [0.1, 0.15) is 31.1 Å². The molecule has 4 nitrogen and oxygen atoms in total. The molecule has 18 heavy (non-hydrogen) atoms. The lowest BCUT2D eigenvalue weighted by atomic mass is 10.1. The van der Waals surface area contributed by atoms with Crippen molar-refractivity contribution in [2.24, 2.45) is 0 Å². The second kappa shape index (κ2) is 5.58. The molecule has 94 valence electrons. The van der Waals surface area contributed by atoms with Gasteiger partial charge in [0.05, 0.1) is 12.1 Å². The molecule has 0 aliphatic heterocycles. The normalized spacial score (nSPS) is 10.8. The molecule has 0 unspecified atom stereocenters. The van der Waals surface area contributed by atoms with E-state index in [9.17, 15) is 4.79 Å². The van der Waals surface area contributed by atoms with Crippen LogP contribution < -0.4 is 0 Å². The summed E-state index contributed by atoms with van der Waals surface area (Å²) in [4.78, 5) is 15.8. The fourth-order valence-electron chi connectivity index (χ4n) is 1.75. The van der Waals surface area contributed by atoms with Gasteiger partial charge in [-0.25, -0.2) is 0 Å². The quantitative estimate of drug-likeness (QED) is 0.809. The molecular weight excluding hydrogens is 226 g/mol. The largest absolute Gasteiger partial charge is 0.299 e. The van der Waals surface area contributed by atoms with Crippen molar-refractivity contribution in [3.8, 4) is 0 Å². The van der Waals surface area contributed by atoms with Crippen LogP contribution in [-0.4, -0.2) is 20.5 Å². The summed E-state index contributed by atoms with van der Waals surface area (Å²) in [7, 11) is 0. The number of nitrogens with zero attached hydrogens (tertiary/aromatic N) is 3. The van der Waals surface area contributed by atoms with Crippen LogP contribution in [0, 0.1) is 0 Å². The molecule has 0 saturated heterocycles. The average molecular weight is 243 g/mol. The Labute approximate surface area is 107 Å². The molecule has 0 aliphatic rings. The molecular formula is C14H17N3O. The van der Waals surface area contributed by atoms with E-state index in [-0.39, 0.29) is 5.78 Å². The van der Waals surface area contributed by atoms with Crippen LogP contribution in [0.25, 0.3) is 0 Å². The Hall–Kier alpha value is -1.97. The summed E-state index contributed by atoms with van der Waals surface area (Å²) in [6, 6.07) is 5.97. The minimum atomic E-state index is 0.176. The first-order valence-electron chi connectivity index (χ1n) is 6.10. The van der Waals surface area contributed by atoms with Gasteiger partial charge in [0.25, 0.3) is 0 Å². The van der Waals surface area contributed by atoms with E-state index >= 15 is 0 Å². The molecule has 0 atom stereocenters. The summed E-state index contributed by atoms with van der Waals surface area (Å²) in [5.74, 6) is 0.176. The lowest BCUT2D eigenvalue weighted by molar-refractivity contribution is -0.117. The van der Waals surface area contributed by atoms with Crippen molar-refractivity contribution in [2.75, 3.05) is 0 Å². The molecule has 0 radical (unpaired) electrons. The van der Waals surface area contributed by atoms with Crippen molar-refractivity contribution in [3.63, 3.8) is 0 Å². The van der Waals surface area contributed by atoms with E-state index in [4.69, 9.17) is 0 Å². The highest BCUT2D eigenvalue weighted by atomic mass is 16.1. The smallest absolute Gasteiger partial charge is 0.143 e. The topological polar surface area (TPSA) is 47.8 Å². The van der Waals surface area contributed by atoms with Gasteiger partial charge in [-0.15, -0.1) is 0 Å². The summed E-state index contributed by atoms with van der Waals surface area (Å²) >= 11 is 0. The van der Waals surface area contributed by atoms with Crippen molar-refractivity contribution in [3.05, 3.63) is 48.0 Å². The Morgan fingerprint density at radius 3 is 2.56 bits per heavy atom. The molecule has 2 heterocycles. The monoisotopic (exact) mass is 243 g/mol. The minimum absolute atomic E-state index is 0.176. The first-order valence-corrected chi connectivity index (χ1v) is 6.10. The molecule has 4 heteroatoms. The van der Waals surface area contributed by atoms with E-state index < -0.39 is 0 Å². The van der Waals surface area contributed by atoms with Crippen LogP contribution in [0.15, 0.2) is 36.8 Å². The zero-order valence-electron chi connectivity index (χ0n) is 10.7. The molecule has 0 N–H and O–H groups in total. The zero-order valence-corrected chi connectivity index (χ0v) is 10.7. The third-order valence-electron chi connectivity index (χ3n) is 2.72. The summed E-state index contributed by atoms with van der Waals surface area (Å²) in [5, 5.41) is 4.37. The number of carbonyl (C=O) groups is 1. The first kappa shape index (κ1) is 12.5. The third kappa shape index (κ3) is 3.26. The third-order valence-corrected chi connectivity index (χ3v) is 2.72. The number of ketones is 1. The molecule has 2 rings (SSSR count). The van der Waals surface area contributed by atoms with Crippen molar-refractivity contribution >= 4 is 5.78 Å². The number of pyridine rings is 1. The molecule has 2 aromatic rings. The van der Waals surface area contributed by atoms with Crippen molar-refractivity contribution in [1.29, 1.82) is 0 Å². The molecule has 0 aromatic carbocycles. The SMILES string of the molecule is CC(C)n1ccc(CC(=O)Cc2ccncc2)n1. The zero-order chi connectivity index (χ0) is 13.0. The molecule has 0 bridgehead atoms. The highest BCUT2D eigenvalue weighted by Crippen LogP contribution is 2.07. The molecule has 0 fully saturated rings. The lowest BCUT2D eigenvalue weighted by Gasteiger charge is -2.03. The van der Waals surface area contributed by atoms with Gasteiger partial charge in [0.15, 0.2) is 0 Å². The van der Waals surface area contributed by atoms with E-state index in [1.807, 2.05) is 29.1 Å². The maximum absolute atomic E-state index is 11.9. The van der Waals surface area contributed by atoms with E-state index in [0.717, 1.165) is 11.3 Å². The van der Waals surface area contributed by atoms with E-state index in [2.05, 4.69) is 23.9 Å². The molecule has 0 saturated carbocycles. The Balaban J connectivity index is 1.95. The molecule has 0 amide bonds. The van der Waals surface area contributed by atoms with Crippen molar-refractivity contribution in [1.82, 2.24) is 14.8 Å². The molecule has 0 spiro atoms. The van der Waals surface area contributed by atoms with Crippen LogP contribution in [-0.2, 0) is 17.6 Å². The van der Waals surface area contributed by atoms with Gasteiger partial charge in [0, 0.05) is 31.1 Å². The second-order valence-electron chi connectivity index (χ2n) is 4.63. The Bertz CT molecular complexity index is 517. The number of hydrogen-bond acceptors (Lipinski definition) is 3. The van der Waals surface area contributed by atoms with Gasteiger partial charge in [0.1, 0.15) is 5.78 Å². The Morgan fingerprint density at radius 1 is 1.22 bits per heavy atom. The minimum Gasteiger partial charge on any atom is -0.299 e. The van der Waals surface area contributed by atoms with Crippen LogP contribution in [0.5, 0.6) is 0 Å². The lowest BCUT2D eigenvalue weighted by Crippen LogP contribution is -2.08. The Kier molecular flexibility index (Phi) is 3.87. The van der Waals surface area contributed by atoms with E-state index in [1.165, 1.54) is 0 Å². The van der Waals surface area contributed by atoms with Crippen molar-refractivity contribution < 1.29 is 4.79 Å². The molecule has 0 aliphatic carbocycles. The van der Waals surface area contributed by atoms with Crippen LogP contribution in [0.4, 0.5) is 0 Å². The number of Topliss-reactive ketones (excluding diaryl/α,β-unsaturated/α-hetero) is 1. The first-order chi connectivity index (χ1) is 8.65. The maximum atomic E-state index is 11.9. The predicted molar refractivity (Wildman–Crippen MR) is 69.3 cm³/mol. The fourth-order valence-corrected chi connectivity index (χ4v) is 1.75. The van der Waals surface area contributed by atoms with Crippen LogP contribution >= 0.6 is 0 Å². The standard InChI is InChI=1S/C14H17N3O/c1-11(2)17-8-5-13(16-17)10-14(18)9-12-3-6-15-7-4-12/h3-8,11H,9-10H2,1-2H3. The van der Waals surface area contributed by atoms with Crippen LogP contribution in [0.3, 0.4) is 0 Å². The molecule has 2 aromatic heterocycles. The van der Waals surface area contributed by atoms with Gasteiger partial charge >= 0.3 is 0 Å². The highest BCUT2D eigenvalue weighted by molar-refractivity contribution is 5.82. The average Bonchev–Trinajstić information content (AvgIpc) is 2.78. The second-order valence-corrected chi connectivity index (χ2v) is 4.63. The Morgan fingerprint density at radius 2 is 1.94 bits per heavy atom. The van der Waals surface area contributed by atoms with Gasteiger partial charge in [-0.1, -0.05) is 0 Å². The number of hydrogen-bond donors (Lipinski definition) is 0. The van der Waals surface area contributed by atoms with Gasteiger partial charge in [-0.3, -0.25) is 14.5 Å². The summed E-state index contributed by atoms with van der Waals surface area (Å²) in [6.45, 7) is 4.13. The van der Waals surface area contributed by atoms with Crippen molar-refractivity contribution in [2.45, 2.75) is 32.7 Å². The van der Waals surface area contributed by atoms with Crippen LogP contribution in [0.2, 0.25) is 0 Å². The fraction of sp³-hybridized carbons (Fsp3) is 0.357. The van der Waals surface area contributed by atoms with E-state index in [1.54, 1.807) is 12.4 Å². The number of aromatic nitrogens is 3. The summed E-state index contributed by atoms with van der Waals surface area (Å²) in [6.07, 6.45) is 6.16. The number of carbonyl (C=O) groups excluding carboxylic acids is 1. The van der Waals surface area contributed by atoms with Gasteiger partial charge in [-0.05, 0) is 37.6 Å². The maximum Gasteiger partial charge on any atom is 0.143 e. The van der Waals surface area contributed by atoms with Gasteiger partial charge in [-0.2, -0.15) is 5.10 Å². The summed E-state index contributed by atoms with van der Waals surface area (Å²) in [5.41, 5.74) is 1.83. The van der Waals surface area contributed by atoms with Gasteiger partial charge in [0.2, 0.25) is 0 Å². The van der Waals surface area contributed by atoms with Gasteiger partial charge < -0.3 is 0 Å². The predicted octanol–water partition coefficient (Wildman–Crippen LogP) is 2.21. The number of rotatable bonds is 5.